The third-order valence-electron chi connectivity index (χ3n) is 1.81. The van der Waals surface area contributed by atoms with Gasteiger partial charge in [-0.15, -0.1) is 0 Å². The van der Waals surface area contributed by atoms with E-state index >= 15 is 0 Å². The average molecular weight is 204 g/mol. The minimum Gasteiger partial charge on any atom is -0.396 e. The minimum atomic E-state index is 0. The molecule has 3 heteroatoms. The average Bonchev–Trinajstić information content (AvgIpc) is 2.18. The van der Waals surface area contributed by atoms with Crippen molar-refractivity contribution in [2.45, 2.75) is 14.4 Å². The number of carbonyl (C=O) groups excluding carboxylic acids is 1. The number of rotatable bonds is 3. The first-order chi connectivity index (χ1) is 6.63. The van der Waals surface area contributed by atoms with Crippen LogP contribution in [-0.2, 0) is 4.79 Å². The highest BCUT2D eigenvalue weighted by Crippen LogP contribution is 2.04. The Morgan fingerprint density at radius 2 is 1.87 bits per heavy atom. The van der Waals surface area contributed by atoms with Gasteiger partial charge in [-0.05, 0) is 18.6 Å². The Kier molecular flexibility index (Phi) is 5.02. The molecule has 0 heterocycles. The maximum atomic E-state index is 10.2. The van der Waals surface area contributed by atoms with E-state index in [-0.39, 0.29) is 18.8 Å². The fourth-order valence-electron chi connectivity index (χ4n) is 1.02. The molecule has 1 aromatic carbocycles. The Labute approximate surface area is 90.1 Å². The molecular weight excluding hydrogens is 188 g/mol. The van der Waals surface area contributed by atoms with Crippen LogP contribution in [0.15, 0.2) is 36.0 Å². The lowest BCUT2D eigenvalue weighted by molar-refractivity contribution is -0.104. The van der Waals surface area contributed by atoms with Crippen molar-refractivity contribution in [2.75, 3.05) is 0 Å². The van der Waals surface area contributed by atoms with Crippen LogP contribution in [-0.4, -0.2) is 12.0 Å². The van der Waals surface area contributed by atoms with Crippen molar-refractivity contribution in [3.05, 3.63) is 47.2 Å². The maximum absolute atomic E-state index is 10.2. The van der Waals surface area contributed by atoms with Crippen LogP contribution >= 0.6 is 0 Å². The number of hydrogen-bond donors (Lipinski definition) is 2. The van der Waals surface area contributed by atoms with Crippen LogP contribution < -0.4 is 5.73 Å². The van der Waals surface area contributed by atoms with Crippen molar-refractivity contribution in [1.82, 2.24) is 0 Å². The van der Waals surface area contributed by atoms with Gasteiger partial charge in [0.05, 0.1) is 11.4 Å². The van der Waals surface area contributed by atoms with Crippen molar-refractivity contribution >= 4 is 12.0 Å². The van der Waals surface area contributed by atoms with Gasteiger partial charge in [0.15, 0.2) is 6.29 Å². The van der Waals surface area contributed by atoms with Crippen molar-refractivity contribution in [2.24, 2.45) is 5.73 Å². The second-order valence-corrected chi connectivity index (χ2v) is 3.04. The minimum absolute atomic E-state index is 0. The summed E-state index contributed by atoms with van der Waals surface area (Å²) in [5.41, 5.74) is 7.49. The van der Waals surface area contributed by atoms with Gasteiger partial charge in [0.25, 0.3) is 0 Å². The fraction of sp³-hybridized carbons (Fsp3) is 0.167. The quantitative estimate of drug-likeness (QED) is 0.449. The van der Waals surface area contributed by atoms with Gasteiger partial charge < -0.3 is 11.1 Å². The van der Waals surface area contributed by atoms with Gasteiger partial charge in [-0.3, -0.25) is 4.79 Å². The van der Waals surface area contributed by atoms with E-state index in [4.69, 9.17) is 11.1 Å². The molecule has 1 rings (SSSR count). The molecule has 0 aliphatic heterocycles. The van der Waals surface area contributed by atoms with Crippen LogP contribution in [0.5, 0.6) is 0 Å². The Bertz CT molecular complexity index is 377. The molecule has 0 saturated heterocycles. The van der Waals surface area contributed by atoms with Gasteiger partial charge in [0.2, 0.25) is 0 Å². The third-order valence-corrected chi connectivity index (χ3v) is 1.81. The first-order valence-corrected chi connectivity index (χ1v) is 4.21. The highest BCUT2D eigenvalue weighted by molar-refractivity contribution is 6.08. The molecule has 0 atom stereocenters. The van der Waals surface area contributed by atoms with Gasteiger partial charge in [-0.25, -0.2) is 0 Å². The largest absolute Gasteiger partial charge is 0.396 e. The molecule has 1 aromatic rings. The molecule has 3 N–H and O–H groups in total. The first kappa shape index (κ1) is 13.1. The van der Waals surface area contributed by atoms with E-state index in [1.807, 2.05) is 31.2 Å². The summed E-state index contributed by atoms with van der Waals surface area (Å²) in [5.74, 6) is 0. The lowest BCUT2D eigenvalue weighted by atomic mass is 10.1. The first-order valence-electron chi connectivity index (χ1n) is 4.21. The van der Waals surface area contributed by atoms with Crippen LogP contribution in [0.2, 0.25) is 0 Å². The van der Waals surface area contributed by atoms with Crippen LogP contribution in [0.4, 0.5) is 0 Å². The smallest absolute Gasteiger partial charge is 0.165 e. The molecule has 0 spiro atoms. The highest BCUT2D eigenvalue weighted by Gasteiger charge is 1.98. The predicted molar refractivity (Wildman–Crippen MR) is 63.1 cm³/mol. The number of aryl methyl sites for hydroxylation is 1. The number of aldehydes is 1. The monoisotopic (exact) mass is 204 g/mol. The summed E-state index contributed by atoms with van der Waals surface area (Å²) in [7, 11) is 0. The summed E-state index contributed by atoms with van der Waals surface area (Å²) in [6, 6.07) is 7.47. The van der Waals surface area contributed by atoms with E-state index in [0.717, 1.165) is 11.1 Å². The standard InChI is InChI=1S/C11H12N2O.CH4/c1-8-2-4-9(5-3-8)11(13)6-10(12)7-14;/h2-7,13H,12H2,1H3;1H4/b10-6-,13-11?;. The van der Waals surface area contributed by atoms with E-state index in [9.17, 15) is 4.79 Å². The zero-order valence-corrected chi connectivity index (χ0v) is 7.95. The third kappa shape index (κ3) is 3.77. The van der Waals surface area contributed by atoms with Crippen molar-refractivity contribution in [3.63, 3.8) is 0 Å². The van der Waals surface area contributed by atoms with E-state index in [0.29, 0.717) is 6.29 Å². The molecule has 15 heavy (non-hydrogen) atoms. The molecule has 0 saturated carbocycles. The van der Waals surface area contributed by atoms with Crippen LogP contribution in [0.25, 0.3) is 0 Å². The van der Waals surface area contributed by atoms with Gasteiger partial charge >= 0.3 is 0 Å². The summed E-state index contributed by atoms with van der Waals surface area (Å²) in [4.78, 5) is 10.2. The van der Waals surface area contributed by atoms with Crippen LogP contribution in [0, 0.1) is 12.3 Å². The van der Waals surface area contributed by atoms with E-state index in [2.05, 4.69) is 0 Å². The number of hydrogen-bond acceptors (Lipinski definition) is 3. The predicted octanol–water partition coefficient (Wildman–Crippen LogP) is 2.04. The Balaban J connectivity index is 0.00000196. The highest BCUT2D eigenvalue weighted by atomic mass is 16.1. The van der Waals surface area contributed by atoms with Gasteiger partial charge in [-0.1, -0.05) is 37.3 Å². The van der Waals surface area contributed by atoms with E-state index in [1.54, 1.807) is 0 Å². The number of nitrogens with one attached hydrogen (secondary N) is 1. The lowest BCUT2D eigenvalue weighted by Gasteiger charge is -1.99. The lowest BCUT2D eigenvalue weighted by Crippen LogP contribution is -2.03. The molecule has 0 aromatic heterocycles. The van der Waals surface area contributed by atoms with Gasteiger partial charge in [-0.2, -0.15) is 0 Å². The number of allylic oxidation sites excluding steroid dienone is 2. The molecule has 3 nitrogen and oxygen atoms in total. The Hall–Kier alpha value is -1.90. The van der Waals surface area contributed by atoms with Gasteiger partial charge in [0, 0.05) is 0 Å². The Morgan fingerprint density at radius 1 is 1.33 bits per heavy atom. The summed E-state index contributed by atoms with van der Waals surface area (Å²) < 4.78 is 0. The zero-order chi connectivity index (χ0) is 10.6. The van der Waals surface area contributed by atoms with Crippen LogP contribution in [0.1, 0.15) is 18.6 Å². The van der Waals surface area contributed by atoms with Crippen LogP contribution in [0.3, 0.4) is 0 Å². The zero-order valence-electron chi connectivity index (χ0n) is 7.95. The summed E-state index contributed by atoms with van der Waals surface area (Å²) in [6.07, 6.45) is 1.88. The molecule has 0 bridgehead atoms. The normalized spacial score (nSPS) is 10.3. The molecule has 0 radical (unpaired) electrons. The number of nitrogens with two attached hydrogens (primary N) is 1. The van der Waals surface area contributed by atoms with E-state index in [1.165, 1.54) is 6.08 Å². The topological polar surface area (TPSA) is 66.9 Å². The SMILES string of the molecule is C.Cc1ccc(C(=N)/C=C(\N)C=O)cc1. The summed E-state index contributed by atoms with van der Waals surface area (Å²) >= 11 is 0. The Morgan fingerprint density at radius 3 is 2.33 bits per heavy atom. The van der Waals surface area contributed by atoms with E-state index < -0.39 is 0 Å². The van der Waals surface area contributed by atoms with Crippen molar-refractivity contribution in [3.8, 4) is 0 Å². The van der Waals surface area contributed by atoms with Crippen molar-refractivity contribution in [1.29, 1.82) is 5.41 Å². The summed E-state index contributed by atoms with van der Waals surface area (Å²) in [5, 5.41) is 7.62. The molecule has 0 amide bonds. The van der Waals surface area contributed by atoms with Crippen molar-refractivity contribution < 1.29 is 4.79 Å². The molecule has 0 fully saturated rings. The maximum Gasteiger partial charge on any atom is 0.165 e. The number of benzene rings is 1. The van der Waals surface area contributed by atoms with Gasteiger partial charge in [0.1, 0.15) is 0 Å². The second-order valence-electron chi connectivity index (χ2n) is 3.04. The second kappa shape index (κ2) is 5.75. The number of carbonyl (C=O) groups is 1. The molecule has 0 aliphatic carbocycles. The molecule has 0 unspecified atom stereocenters. The molecule has 0 aliphatic rings. The summed E-state index contributed by atoms with van der Waals surface area (Å²) in [6.45, 7) is 1.98. The molecule has 80 valence electrons. The molecular formula is C12H16N2O. The fourth-order valence-corrected chi connectivity index (χ4v) is 1.02.